The zero-order chi connectivity index (χ0) is 21.1. The van der Waals surface area contributed by atoms with Gasteiger partial charge in [-0.1, -0.05) is 19.9 Å². The van der Waals surface area contributed by atoms with Crippen LogP contribution in [0.25, 0.3) is 5.65 Å². The molecule has 0 bridgehead atoms. The number of carbonyl (C=O) groups is 2. The summed E-state index contributed by atoms with van der Waals surface area (Å²) in [5.41, 5.74) is 6.02. The van der Waals surface area contributed by atoms with E-state index in [0.29, 0.717) is 24.2 Å². The van der Waals surface area contributed by atoms with Gasteiger partial charge in [-0.25, -0.2) is 9.50 Å². The molecule has 3 rings (SSSR count). The monoisotopic (exact) mass is 393 g/mol. The molecule has 0 fully saturated rings. The number of anilines is 2. The van der Waals surface area contributed by atoms with Crippen molar-refractivity contribution in [3.05, 3.63) is 53.0 Å². The van der Waals surface area contributed by atoms with Crippen LogP contribution in [0.4, 0.5) is 11.4 Å². The molecule has 0 aliphatic heterocycles. The molecule has 0 aliphatic rings. The zero-order valence-corrected chi connectivity index (χ0v) is 17.5. The van der Waals surface area contributed by atoms with Gasteiger partial charge in [0.2, 0.25) is 11.8 Å². The van der Waals surface area contributed by atoms with E-state index in [-0.39, 0.29) is 17.7 Å². The van der Waals surface area contributed by atoms with Crippen molar-refractivity contribution in [3.8, 4) is 0 Å². The van der Waals surface area contributed by atoms with Gasteiger partial charge in [-0.15, -0.1) is 0 Å². The van der Waals surface area contributed by atoms with Crippen LogP contribution in [0.3, 0.4) is 0 Å². The van der Waals surface area contributed by atoms with Crippen molar-refractivity contribution in [3.63, 3.8) is 0 Å². The van der Waals surface area contributed by atoms with Gasteiger partial charge in [-0.2, -0.15) is 5.10 Å². The molecule has 2 N–H and O–H groups in total. The molecule has 7 heteroatoms. The Bertz CT molecular complexity index is 1070. The summed E-state index contributed by atoms with van der Waals surface area (Å²) in [7, 11) is 0. The van der Waals surface area contributed by atoms with E-state index >= 15 is 0 Å². The summed E-state index contributed by atoms with van der Waals surface area (Å²) < 4.78 is 1.83. The van der Waals surface area contributed by atoms with E-state index in [9.17, 15) is 9.59 Å². The van der Waals surface area contributed by atoms with Crippen LogP contribution in [0.5, 0.6) is 0 Å². The number of hydrogen-bond donors (Lipinski definition) is 2. The number of carbonyl (C=O) groups excluding carboxylic acids is 2. The average molecular weight is 393 g/mol. The normalized spacial score (nSPS) is 11.1. The Kier molecular flexibility index (Phi) is 5.96. The number of amides is 2. The van der Waals surface area contributed by atoms with E-state index < -0.39 is 0 Å². The van der Waals surface area contributed by atoms with Gasteiger partial charge >= 0.3 is 0 Å². The molecule has 3 aromatic rings. The molecule has 152 valence electrons. The lowest BCUT2D eigenvalue weighted by Crippen LogP contribution is -2.18. The molecular weight excluding hydrogens is 366 g/mol. The molecule has 0 unspecified atom stereocenters. The summed E-state index contributed by atoms with van der Waals surface area (Å²) in [5.74, 6) is -0.256. The van der Waals surface area contributed by atoms with E-state index in [1.807, 2.05) is 45.2 Å². The Morgan fingerprint density at radius 3 is 2.45 bits per heavy atom. The fraction of sp³-hybridized carbons (Fsp3) is 0.364. The Labute approximate surface area is 170 Å². The molecule has 29 heavy (non-hydrogen) atoms. The van der Waals surface area contributed by atoms with Crippen LogP contribution < -0.4 is 10.6 Å². The van der Waals surface area contributed by atoms with Crippen molar-refractivity contribution < 1.29 is 9.59 Å². The molecule has 2 heterocycles. The standard InChI is InChI=1S/C22H27N5O2/c1-13(2)22(29)25-18-8-6-7-17(12-18)24-21(28)10-9-19-15(4)23-20-11-14(3)26-27(20)16(19)5/h6-8,11-13H,9-10H2,1-5H3,(H,24,28)(H,25,29). The predicted molar refractivity (Wildman–Crippen MR) is 114 cm³/mol. The number of nitrogens with one attached hydrogen (secondary N) is 2. The van der Waals surface area contributed by atoms with E-state index in [4.69, 9.17) is 0 Å². The smallest absolute Gasteiger partial charge is 0.226 e. The van der Waals surface area contributed by atoms with Crippen molar-refractivity contribution >= 4 is 28.8 Å². The highest BCUT2D eigenvalue weighted by molar-refractivity contribution is 5.94. The highest BCUT2D eigenvalue weighted by Gasteiger charge is 2.13. The van der Waals surface area contributed by atoms with Gasteiger partial charge in [0.15, 0.2) is 5.65 Å². The molecule has 7 nitrogen and oxygen atoms in total. The lowest BCUT2D eigenvalue weighted by Gasteiger charge is -2.12. The Hall–Kier alpha value is -3.22. The van der Waals surface area contributed by atoms with Crippen LogP contribution in [-0.4, -0.2) is 26.4 Å². The quantitative estimate of drug-likeness (QED) is 0.666. The van der Waals surface area contributed by atoms with Gasteiger partial charge in [-0.05, 0) is 51.0 Å². The van der Waals surface area contributed by atoms with E-state index in [2.05, 4.69) is 20.7 Å². The van der Waals surface area contributed by atoms with Crippen molar-refractivity contribution in [2.75, 3.05) is 10.6 Å². The zero-order valence-electron chi connectivity index (χ0n) is 17.5. The molecule has 2 amide bonds. The Balaban J connectivity index is 1.66. The van der Waals surface area contributed by atoms with Gasteiger partial charge in [0.25, 0.3) is 0 Å². The molecule has 0 saturated heterocycles. The summed E-state index contributed by atoms with van der Waals surface area (Å²) in [4.78, 5) is 28.9. The molecule has 1 aromatic carbocycles. The van der Waals surface area contributed by atoms with Crippen LogP contribution in [0.15, 0.2) is 30.3 Å². The van der Waals surface area contributed by atoms with E-state index in [1.54, 1.807) is 24.3 Å². The SMILES string of the molecule is Cc1cc2nc(C)c(CCC(=O)Nc3cccc(NC(=O)C(C)C)c3)c(C)n2n1. The van der Waals surface area contributed by atoms with Gasteiger partial charge in [0.05, 0.1) is 5.69 Å². The van der Waals surface area contributed by atoms with Crippen LogP contribution in [-0.2, 0) is 16.0 Å². The first-order valence-electron chi connectivity index (χ1n) is 9.78. The summed E-state index contributed by atoms with van der Waals surface area (Å²) in [6.07, 6.45) is 0.910. The first-order chi connectivity index (χ1) is 13.7. The number of hydrogen-bond acceptors (Lipinski definition) is 4. The minimum atomic E-state index is -0.107. The number of rotatable bonds is 6. The third-order valence-corrected chi connectivity index (χ3v) is 4.83. The number of aromatic nitrogens is 3. The number of aryl methyl sites for hydroxylation is 3. The molecular formula is C22H27N5O2. The predicted octanol–water partition coefficient (Wildman–Crippen LogP) is 3.82. The second-order valence-corrected chi connectivity index (χ2v) is 7.59. The first kappa shape index (κ1) is 20.5. The van der Waals surface area contributed by atoms with E-state index in [0.717, 1.165) is 28.3 Å². The first-order valence-corrected chi connectivity index (χ1v) is 9.78. The van der Waals surface area contributed by atoms with Crippen LogP contribution in [0.2, 0.25) is 0 Å². The fourth-order valence-corrected chi connectivity index (χ4v) is 3.23. The van der Waals surface area contributed by atoms with Gasteiger partial charge in [0.1, 0.15) is 0 Å². The second-order valence-electron chi connectivity index (χ2n) is 7.59. The molecule has 0 aliphatic carbocycles. The lowest BCUT2D eigenvalue weighted by atomic mass is 10.1. The maximum Gasteiger partial charge on any atom is 0.226 e. The molecule has 0 saturated carbocycles. The number of fused-ring (bicyclic) bond motifs is 1. The van der Waals surface area contributed by atoms with Crippen molar-refractivity contribution in [2.24, 2.45) is 5.92 Å². The van der Waals surface area contributed by atoms with Gasteiger partial charge < -0.3 is 10.6 Å². The van der Waals surface area contributed by atoms with Crippen molar-refractivity contribution in [2.45, 2.75) is 47.5 Å². The summed E-state index contributed by atoms with van der Waals surface area (Å²) in [5, 5.41) is 10.2. The maximum atomic E-state index is 12.5. The van der Waals surface area contributed by atoms with Crippen LogP contribution >= 0.6 is 0 Å². The maximum absolute atomic E-state index is 12.5. The minimum Gasteiger partial charge on any atom is -0.326 e. The number of benzene rings is 1. The van der Waals surface area contributed by atoms with Crippen molar-refractivity contribution in [1.82, 2.24) is 14.6 Å². The Morgan fingerprint density at radius 1 is 1.07 bits per heavy atom. The van der Waals surface area contributed by atoms with Crippen molar-refractivity contribution in [1.29, 1.82) is 0 Å². The van der Waals surface area contributed by atoms with Gasteiger partial charge in [0, 0.05) is 41.2 Å². The van der Waals surface area contributed by atoms with Gasteiger partial charge in [-0.3, -0.25) is 9.59 Å². The molecule has 0 radical (unpaired) electrons. The highest BCUT2D eigenvalue weighted by Crippen LogP contribution is 2.19. The lowest BCUT2D eigenvalue weighted by molar-refractivity contribution is -0.119. The topological polar surface area (TPSA) is 88.4 Å². The number of nitrogens with zero attached hydrogens (tertiary/aromatic N) is 3. The Morgan fingerprint density at radius 2 is 1.76 bits per heavy atom. The largest absolute Gasteiger partial charge is 0.326 e. The third-order valence-electron chi connectivity index (χ3n) is 4.83. The third kappa shape index (κ3) is 4.80. The summed E-state index contributed by atoms with van der Waals surface area (Å²) in [6.45, 7) is 9.57. The summed E-state index contributed by atoms with van der Waals surface area (Å²) in [6, 6.07) is 9.11. The molecule has 2 aromatic heterocycles. The molecule has 0 spiro atoms. The highest BCUT2D eigenvalue weighted by atomic mass is 16.2. The van der Waals surface area contributed by atoms with Crippen LogP contribution in [0.1, 0.15) is 42.9 Å². The minimum absolute atomic E-state index is 0.0591. The average Bonchev–Trinajstić information content (AvgIpc) is 3.02. The van der Waals surface area contributed by atoms with Crippen LogP contribution in [0, 0.1) is 26.7 Å². The summed E-state index contributed by atoms with van der Waals surface area (Å²) >= 11 is 0. The van der Waals surface area contributed by atoms with E-state index in [1.165, 1.54) is 0 Å². The second kappa shape index (κ2) is 8.43. The molecule has 0 atom stereocenters. The fourth-order valence-electron chi connectivity index (χ4n) is 3.23.